The molecule has 0 fully saturated rings. The Labute approximate surface area is 349 Å². The molecule has 0 amide bonds. The Hall–Kier alpha value is -5.02. The summed E-state index contributed by atoms with van der Waals surface area (Å²) in [5, 5.41) is 0. The second-order valence-corrected chi connectivity index (χ2v) is 21.8. The fraction of sp³-hybridized carbons (Fsp3) is 0.345. The average Bonchev–Trinajstić information content (AvgIpc) is 3.15. The molecular formula is C55H61BN2. The molecule has 0 aromatic heterocycles. The molecule has 294 valence electrons. The summed E-state index contributed by atoms with van der Waals surface area (Å²) < 4.78 is 0. The van der Waals surface area contributed by atoms with E-state index in [0.29, 0.717) is 0 Å². The maximum absolute atomic E-state index is 2.64. The smallest absolute Gasteiger partial charge is 0.252 e. The quantitative estimate of drug-likeness (QED) is 0.166. The van der Waals surface area contributed by atoms with Crippen molar-refractivity contribution in [2.45, 2.75) is 124 Å². The third-order valence-corrected chi connectivity index (χ3v) is 13.5. The van der Waals surface area contributed by atoms with Crippen molar-refractivity contribution in [2.75, 3.05) is 9.80 Å². The van der Waals surface area contributed by atoms with Crippen LogP contribution in [0.5, 0.6) is 0 Å². The lowest BCUT2D eigenvalue weighted by Gasteiger charge is -2.52. The SMILES string of the molecule is Cc1cc2c3c(c1)N(c1ccc(C(C)(C)C)cc1)c1cc(C(C)(C)C)cc4c1B3c1c(cccc1C4(C)c1ccccc1)N2c1cc(C(C)(C)C)cc(C(C)(C)C)c1. The van der Waals surface area contributed by atoms with Gasteiger partial charge < -0.3 is 9.80 Å². The predicted octanol–water partition coefficient (Wildman–Crippen LogP) is 12.9. The van der Waals surface area contributed by atoms with Crippen LogP contribution in [0.4, 0.5) is 34.1 Å². The summed E-state index contributed by atoms with van der Waals surface area (Å²) in [6, 6.07) is 45.4. The Balaban J connectivity index is 1.46. The topological polar surface area (TPSA) is 6.48 Å². The normalized spacial score (nSPS) is 17.1. The number of hydrogen-bond acceptors (Lipinski definition) is 2. The van der Waals surface area contributed by atoms with E-state index in [4.69, 9.17) is 0 Å². The van der Waals surface area contributed by atoms with Gasteiger partial charge in [-0.1, -0.05) is 150 Å². The van der Waals surface area contributed by atoms with E-state index in [1.807, 2.05) is 0 Å². The molecule has 0 spiro atoms. The maximum Gasteiger partial charge on any atom is 0.252 e. The van der Waals surface area contributed by atoms with E-state index in [9.17, 15) is 0 Å². The molecule has 6 aromatic rings. The van der Waals surface area contributed by atoms with Crippen LogP contribution in [0.25, 0.3) is 0 Å². The van der Waals surface area contributed by atoms with E-state index in [1.54, 1.807) is 0 Å². The molecule has 6 aromatic carbocycles. The monoisotopic (exact) mass is 760 g/mol. The third-order valence-electron chi connectivity index (χ3n) is 13.5. The van der Waals surface area contributed by atoms with Crippen molar-refractivity contribution >= 4 is 57.2 Å². The molecule has 0 bridgehead atoms. The molecular weight excluding hydrogens is 699 g/mol. The third kappa shape index (κ3) is 5.74. The van der Waals surface area contributed by atoms with Gasteiger partial charge in [0.2, 0.25) is 0 Å². The van der Waals surface area contributed by atoms with Crippen LogP contribution in [-0.4, -0.2) is 6.71 Å². The van der Waals surface area contributed by atoms with E-state index in [-0.39, 0.29) is 28.4 Å². The van der Waals surface area contributed by atoms with Crippen molar-refractivity contribution in [3.8, 4) is 0 Å². The van der Waals surface area contributed by atoms with Gasteiger partial charge in [0.15, 0.2) is 0 Å². The molecule has 58 heavy (non-hydrogen) atoms. The summed E-state index contributed by atoms with van der Waals surface area (Å²) in [5.74, 6) is 0. The fourth-order valence-electron chi connectivity index (χ4n) is 10.1. The van der Waals surface area contributed by atoms with Gasteiger partial charge in [0.25, 0.3) is 6.71 Å². The highest BCUT2D eigenvalue weighted by molar-refractivity contribution is 7.01. The lowest BCUT2D eigenvalue weighted by Crippen LogP contribution is -2.67. The highest BCUT2D eigenvalue weighted by Crippen LogP contribution is 2.52. The van der Waals surface area contributed by atoms with Crippen molar-refractivity contribution in [1.82, 2.24) is 0 Å². The Kier molecular flexibility index (Phi) is 8.30. The van der Waals surface area contributed by atoms with Crippen LogP contribution in [-0.2, 0) is 27.1 Å². The molecule has 0 aliphatic carbocycles. The van der Waals surface area contributed by atoms with Crippen LogP contribution in [0.1, 0.15) is 135 Å². The van der Waals surface area contributed by atoms with E-state index in [0.717, 1.165) is 0 Å². The van der Waals surface area contributed by atoms with E-state index >= 15 is 0 Å². The molecule has 0 radical (unpaired) electrons. The van der Waals surface area contributed by atoms with Gasteiger partial charge in [-0.05, 0) is 145 Å². The number of anilines is 6. The van der Waals surface area contributed by atoms with Crippen LogP contribution in [0.3, 0.4) is 0 Å². The minimum Gasteiger partial charge on any atom is -0.311 e. The number of aryl methyl sites for hydroxylation is 1. The molecule has 1 unspecified atom stereocenters. The summed E-state index contributed by atoms with van der Waals surface area (Å²) in [7, 11) is 0. The molecule has 3 heteroatoms. The van der Waals surface area contributed by atoms with Gasteiger partial charge in [-0.3, -0.25) is 0 Å². The zero-order valence-electron chi connectivity index (χ0n) is 37.4. The van der Waals surface area contributed by atoms with E-state index < -0.39 is 5.41 Å². The summed E-state index contributed by atoms with van der Waals surface area (Å²) >= 11 is 0. The number of nitrogens with zero attached hydrogens (tertiary/aromatic N) is 2. The van der Waals surface area contributed by atoms with Crippen molar-refractivity contribution in [3.05, 3.63) is 160 Å². The van der Waals surface area contributed by atoms with Crippen molar-refractivity contribution < 1.29 is 0 Å². The van der Waals surface area contributed by atoms with Crippen molar-refractivity contribution in [3.63, 3.8) is 0 Å². The lowest BCUT2D eigenvalue weighted by atomic mass is 9.28. The minimum atomic E-state index is -0.397. The predicted molar refractivity (Wildman–Crippen MR) is 252 cm³/mol. The molecule has 3 heterocycles. The van der Waals surface area contributed by atoms with Gasteiger partial charge in [-0.2, -0.15) is 0 Å². The van der Waals surface area contributed by atoms with Crippen LogP contribution in [0, 0.1) is 6.92 Å². The van der Waals surface area contributed by atoms with Crippen molar-refractivity contribution in [2.24, 2.45) is 0 Å². The minimum absolute atomic E-state index is 0.0169. The summed E-state index contributed by atoms with van der Waals surface area (Å²) in [4.78, 5) is 5.26. The molecule has 2 nitrogen and oxygen atoms in total. The van der Waals surface area contributed by atoms with Crippen molar-refractivity contribution in [1.29, 1.82) is 0 Å². The zero-order valence-corrected chi connectivity index (χ0v) is 37.4. The molecule has 3 aliphatic rings. The molecule has 0 N–H and O–H groups in total. The summed E-state index contributed by atoms with van der Waals surface area (Å²) in [6.07, 6.45) is 0. The van der Waals surface area contributed by atoms with E-state index in [1.165, 1.54) is 95.0 Å². The number of rotatable bonds is 3. The standard InChI is InChI=1S/C55H61BN2/c1-34-27-45-50-46(28-34)58(41-30-37(52(5,6)7)29-38(31-41)53(8,9)10)44-22-18-21-42-48(44)56(50)49-43(55(42,14)36-19-16-15-17-20-36)32-39(54(11,12)13)33-47(49)57(45)40-25-23-35(24-26-40)51(2,3)4/h15-33H,1-14H3. The molecule has 1 atom stereocenters. The highest BCUT2D eigenvalue weighted by atomic mass is 15.2. The van der Waals surface area contributed by atoms with Gasteiger partial charge in [0, 0.05) is 39.5 Å². The first-order valence-corrected chi connectivity index (χ1v) is 21.5. The van der Waals surface area contributed by atoms with Gasteiger partial charge in [-0.15, -0.1) is 0 Å². The molecule has 0 saturated heterocycles. The second kappa shape index (κ2) is 12.5. The van der Waals surface area contributed by atoms with Crippen LogP contribution in [0.15, 0.2) is 115 Å². The summed E-state index contributed by atoms with van der Waals surface area (Å²) in [5.41, 5.74) is 22.3. The summed E-state index contributed by atoms with van der Waals surface area (Å²) in [6.45, 7) is 33.0. The largest absolute Gasteiger partial charge is 0.311 e. The van der Waals surface area contributed by atoms with Gasteiger partial charge >= 0.3 is 0 Å². The second-order valence-electron chi connectivity index (χ2n) is 21.8. The molecule has 0 saturated carbocycles. The zero-order chi connectivity index (χ0) is 41.5. The Bertz CT molecular complexity index is 2590. The molecule has 3 aliphatic heterocycles. The highest BCUT2D eigenvalue weighted by Gasteiger charge is 2.53. The lowest BCUT2D eigenvalue weighted by molar-refractivity contribution is 0.569. The van der Waals surface area contributed by atoms with Crippen LogP contribution < -0.4 is 26.2 Å². The number of hydrogen-bond donors (Lipinski definition) is 0. The Morgan fingerprint density at radius 3 is 1.47 bits per heavy atom. The first-order chi connectivity index (χ1) is 27.1. The van der Waals surface area contributed by atoms with Crippen LogP contribution in [0.2, 0.25) is 0 Å². The van der Waals surface area contributed by atoms with Crippen LogP contribution >= 0.6 is 0 Å². The van der Waals surface area contributed by atoms with Gasteiger partial charge in [0.05, 0.1) is 0 Å². The van der Waals surface area contributed by atoms with Gasteiger partial charge in [-0.25, -0.2) is 0 Å². The maximum atomic E-state index is 2.64. The first-order valence-electron chi connectivity index (χ1n) is 21.5. The first kappa shape index (κ1) is 38.5. The van der Waals surface area contributed by atoms with E-state index in [2.05, 4.69) is 222 Å². The molecule has 9 rings (SSSR count). The van der Waals surface area contributed by atoms with Gasteiger partial charge in [0.1, 0.15) is 0 Å². The number of benzene rings is 6. The fourth-order valence-corrected chi connectivity index (χ4v) is 10.1. The Morgan fingerprint density at radius 1 is 0.414 bits per heavy atom. The average molecular weight is 761 g/mol. The Morgan fingerprint density at radius 2 is 0.914 bits per heavy atom.